The van der Waals surface area contributed by atoms with E-state index in [0.29, 0.717) is 0 Å². The quantitative estimate of drug-likeness (QED) is 0.930. The number of ether oxygens (including phenoxy) is 1. The summed E-state index contributed by atoms with van der Waals surface area (Å²) in [6, 6.07) is 6.17. The van der Waals surface area contributed by atoms with Gasteiger partial charge in [-0.3, -0.25) is 0 Å². The van der Waals surface area contributed by atoms with Crippen LogP contribution in [0.15, 0.2) is 22.7 Å². The Kier molecular flexibility index (Phi) is 4.16. The summed E-state index contributed by atoms with van der Waals surface area (Å²) in [4.78, 5) is 0. The smallest absolute Gasteiger partial charge is 0.124 e. The molecule has 0 radical (unpaired) electrons. The van der Waals surface area contributed by atoms with Crippen molar-refractivity contribution in [2.75, 3.05) is 12.0 Å². The fourth-order valence-corrected chi connectivity index (χ4v) is 2.86. The van der Waals surface area contributed by atoms with Crippen LogP contribution in [0, 0.1) is 0 Å². The topological polar surface area (TPSA) is 35.2 Å². The van der Waals surface area contributed by atoms with Gasteiger partial charge in [0.1, 0.15) is 11.9 Å². The van der Waals surface area contributed by atoms with Crippen LogP contribution in [-0.2, 0) is 0 Å². The van der Waals surface area contributed by atoms with Gasteiger partial charge in [0.25, 0.3) is 0 Å². The van der Waals surface area contributed by atoms with Crippen molar-refractivity contribution in [3.8, 4) is 5.75 Å². The van der Waals surface area contributed by atoms with Crippen molar-refractivity contribution in [2.24, 2.45) is 5.73 Å². The third-order valence-corrected chi connectivity index (χ3v) is 3.96. The first-order valence-corrected chi connectivity index (χ1v) is 7.60. The van der Waals surface area contributed by atoms with Gasteiger partial charge in [-0.15, -0.1) is 0 Å². The third-order valence-electron chi connectivity index (χ3n) is 2.83. The molecule has 0 fully saturated rings. The zero-order valence-corrected chi connectivity index (χ0v) is 11.7. The minimum absolute atomic E-state index is 0.105. The molecule has 0 bridgehead atoms. The average Bonchev–Trinajstić information content (AvgIpc) is 2.27. The zero-order chi connectivity index (χ0) is 11.5. The summed E-state index contributed by atoms with van der Waals surface area (Å²) in [5.41, 5.74) is 7.29. The molecule has 1 aromatic carbocycles. The van der Waals surface area contributed by atoms with Gasteiger partial charge in [-0.1, -0.05) is 15.9 Å². The zero-order valence-electron chi connectivity index (χ0n) is 9.28. The number of thioether (sulfide) groups is 1. The van der Waals surface area contributed by atoms with Crippen molar-refractivity contribution in [1.29, 1.82) is 0 Å². The van der Waals surface area contributed by atoms with Gasteiger partial charge >= 0.3 is 0 Å². The van der Waals surface area contributed by atoms with Crippen molar-refractivity contribution < 1.29 is 4.74 Å². The Hall–Kier alpha value is -0.190. The van der Waals surface area contributed by atoms with E-state index in [1.54, 1.807) is 0 Å². The van der Waals surface area contributed by atoms with Crippen LogP contribution in [0.1, 0.15) is 24.4 Å². The first-order chi connectivity index (χ1) is 7.70. The summed E-state index contributed by atoms with van der Waals surface area (Å²) < 4.78 is 7.01. The van der Waals surface area contributed by atoms with Crippen LogP contribution >= 0.6 is 27.7 Å². The molecule has 0 amide bonds. The van der Waals surface area contributed by atoms with Gasteiger partial charge in [0.2, 0.25) is 0 Å². The number of hydrogen-bond acceptors (Lipinski definition) is 3. The number of nitrogens with two attached hydrogens (primary N) is 1. The van der Waals surface area contributed by atoms with Gasteiger partial charge in [0, 0.05) is 22.5 Å². The van der Waals surface area contributed by atoms with Crippen LogP contribution in [0.3, 0.4) is 0 Å². The lowest BCUT2D eigenvalue weighted by Crippen LogP contribution is -2.29. The van der Waals surface area contributed by atoms with Gasteiger partial charge in [0.05, 0.1) is 0 Å². The van der Waals surface area contributed by atoms with E-state index in [9.17, 15) is 0 Å². The maximum atomic E-state index is 6.17. The van der Waals surface area contributed by atoms with Crippen LogP contribution in [-0.4, -0.2) is 18.1 Å². The second-order valence-electron chi connectivity index (χ2n) is 4.05. The molecule has 1 aliphatic rings. The Labute approximate surface area is 109 Å². The largest absolute Gasteiger partial charge is 0.490 e. The molecule has 0 aliphatic carbocycles. The molecule has 1 aliphatic heterocycles. The summed E-state index contributed by atoms with van der Waals surface area (Å²) in [7, 11) is 0. The van der Waals surface area contributed by atoms with Crippen molar-refractivity contribution in [3.63, 3.8) is 0 Å². The standard InChI is InChI=1S/C12H16BrNOS/c1-16-5-4-9-7-11(14)10-6-8(13)2-3-12(10)15-9/h2-3,6,9,11H,4-5,7,14H2,1H3. The first-order valence-electron chi connectivity index (χ1n) is 5.41. The molecule has 0 spiro atoms. The summed E-state index contributed by atoms with van der Waals surface area (Å²) in [6.45, 7) is 0. The predicted molar refractivity (Wildman–Crippen MR) is 73.1 cm³/mol. The molecule has 2 unspecified atom stereocenters. The minimum atomic E-state index is 0.105. The monoisotopic (exact) mass is 301 g/mol. The summed E-state index contributed by atoms with van der Waals surface area (Å²) >= 11 is 5.31. The Morgan fingerprint density at radius 1 is 1.56 bits per heavy atom. The highest BCUT2D eigenvalue weighted by molar-refractivity contribution is 9.10. The maximum absolute atomic E-state index is 6.17. The summed E-state index contributed by atoms with van der Waals surface area (Å²) in [5, 5.41) is 0. The van der Waals surface area contributed by atoms with E-state index in [1.807, 2.05) is 23.9 Å². The Morgan fingerprint density at radius 2 is 2.38 bits per heavy atom. The molecule has 0 saturated carbocycles. The van der Waals surface area contributed by atoms with E-state index in [0.717, 1.165) is 34.4 Å². The van der Waals surface area contributed by atoms with E-state index >= 15 is 0 Å². The lowest BCUT2D eigenvalue weighted by Gasteiger charge is -2.30. The van der Waals surface area contributed by atoms with Gasteiger partial charge in [-0.25, -0.2) is 0 Å². The highest BCUT2D eigenvalue weighted by Gasteiger charge is 2.25. The molecule has 2 N–H and O–H groups in total. The average molecular weight is 302 g/mol. The fourth-order valence-electron chi connectivity index (χ4n) is 1.98. The van der Waals surface area contributed by atoms with Crippen molar-refractivity contribution in [3.05, 3.63) is 28.2 Å². The molecule has 2 nitrogen and oxygen atoms in total. The Balaban J connectivity index is 2.13. The lowest BCUT2D eigenvalue weighted by molar-refractivity contribution is 0.156. The molecular formula is C12H16BrNOS. The number of hydrogen-bond donors (Lipinski definition) is 1. The van der Waals surface area contributed by atoms with Gasteiger partial charge in [0.15, 0.2) is 0 Å². The van der Waals surface area contributed by atoms with Crippen LogP contribution < -0.4 is 10.5 Å². The van der Waals surface area contributed by atoms with Gasteiger partial charge in [-0.05, 0) is 36.6 Å². The molecule has 1 aromatic rings. The van der Waals surface area contributed by atoms with Crippen molar-refractivity contribution >= 4 is 27.7 Å². The van der Waals surface area contributed by atoms with Crippen LogP contribution in [0.25, 0.3) is 0 Å². The van der Waals surface area contributed by atoms with E-state index in [4.69, 9.17) is 10.5 Å². The van der Waals surface area contributed by atoms with Crippen LogP contribution in [0.5, 0.6) is 5.75 Å². The third kappa shape index (κ3) is 2.73. The van der Waals surface area contributed by atoms with E-state index in [1.165, 1.54) is 0 Å². The minimum Gasteiger partial charge on any atom is -0.490 e. The first kappa shape index (κ1) is 12.3. The number of fused-ring (bicyclic) bond motifs is 1. The fraction of sp³-hybridized carbons (Fsp3) is 0.500. The number of benzene rings is 1. The van der Waals surface area contributed by atoms with Gasteiger partial charge in [-0.2, -0.15) is 11.8 Å². The Morgan fingerprint density at radius 3 is 3.12 bits per heavy atom. The van der Waals surface area contributed by atoms with Gasteiger partial charge < -0.3 is 10.5 Å². The van der Waals surface area contributed by atoms with E-state index in [-0.39, 0.29) is 12.1 Å². The Bertz CT molecular complexity index is 372. The number of rotatable bonds is 3. The van der Waals surface area contributed by atoms with Crippen LogP contribution in [0.2, 0.25) is 0 Å². The molecule has 2 rings (SSSR count). The second kappa shape index (κ2) is 5.43. The van der Waals surface area contributed by atoms with Crippen molar-refractivity contribution in [1.82, 2.24) is 0 Å². The lowest BCUT2D eigenvalue weighted by atomic mass is 9.96. The normalized spacial score (nSPS) is 23.7. The highest BCUT2D eigenvalue weighted by Crippen LogP contribution is 2.36. The van der Waals surface area contributed by atoms with E-state index < -0.39 is 0 Å². The van der Waals surface area contributed by atoms with Crippen molar-refractivity contribution in [2.45, 2.75) is 25.0 Å². The van der Waals surface area contributed by atoms with E-state index in [2.05, 4.69) is 28.3 Å². The molecule has 16 heavy (non-hydrogen) atoms. The molecule has 1 heterocycles. The molecular weight excluding hydrogens is 286 g/mol. The SMILES string of the molecule is CSCCC1CC(N)c2cc(Br)ccc2O1. The molecule has 88 valence electrons. The molecule has 2 atom stereocenters. The highest BCUT2D eigenvalue weighted by atomic mass is 79.9. The second-order valence-corrected chi connectivity index (χ2v) is 5.95. The molecule has 4 heteroatoms. The summed E-state index contributed by atoms with van der Waals surface area (Å²) in [5.74, 6) is 2.08. The summed E-state index contributed by atoms with van der Waals surface area (Å²) in [6.07, 6.45) is 4.39. The molecule has 0 aromatic heterocycles. The maximum Gasteiger partial charge on any atom is 0.124 e. The molecule has 0 saturated heterocycles. The number of halogens is 1. The predicted octanol–water partition coefficient (Wildman–Crippen LogP) is 3.35. The van der Waals surface area contributed by atoms with Crippen LogP contribution in [0.4, 0.5) is 0 Å².